The van der Waals surface area contributed by atoms with Gasteiger partial charge in [-0.1, -0.05) is 34.1 Å². The van der Waals surface area contributed by atoms with Crippen LogP contribution >= 0.6 is 0 Å². The average molecular weight is 300 g/mol. The molecule has 0 bridgehead atoms. The van der Waals surface area contributed by atoms with E-state index in [0.29, 0.717) is 13.0 Å². The molecule has 5 heteroatoms. The number of aliphatic carboxylic acids is 1. The van der Waals surface area contributed by atoms with Gasteiger partial charge >= 0.3 is 12.0 Å². The van der Waals surface area contributed by atoms with Crippen molar-refractivity contribution in [3.05, 3.63) is 0 Å². The summed E-state index contributed by atoms with van der Waals surface area (Å²) >= 11 is 0. The lowest BCUT2D eigenvalue weighted by atomic mass is 9.76. The zero-order valence-corrected chi connectivity index (χ0v) is 14.2. The fraction of sp³-hybridized carbons (Fsp3) is 0.875. The Morgan fingerprint density at radius 1 is 1.14 bits per heavy atom. The maximum Gasteiger partial charge on any atom is 0.314 e. The summed E-state index contributed by atoms with van der Waals surface area (Å²) in [7, 11) is 0. The number of amides is 2. The number of carboxylic acids is 1. The fourth-order valence-electron chi connectivity index (χ4n) is 2.45. The van der Waals surface area contributed by atoms with Crippen LogP contribution in [0.5, 0.6) is 0 Å². The summed E-state index contributed by atoms with van der Waals surface area (Å²) in [5.41, 5.74) is 0.0448. The predicted octanol–water partition coefficient (Wildman–Crippen LogP) is 3.39. The minimum Gasteiger partial charge on any atom is -0.481 e. The molecule has 3 N–H and O–H groups in total. The summed E-state index contributed by atoms with van der Waals surface area (Å²) in [6.07, 6.45) is 3.64. The first-order chi connectivity index (χ1) is 9.66. The molecule has 2 amide bonds. The number of urea groups is 1. The molecule has 2 atom stereocenters. The Kier molecular flexibility index (Phi) is 9.06. The molecule has 0 aliphatic carbocycles. The van der Waals surface area contributed by atoms with Crippen molar-refractivity contribution in [2.24, 2.45) is 11.3 Å². The summed E-state index contributed by atoms with van der Waals surface area (Å²) in [5, 5.41) is 14.6. The number of carboxylic acid groups (broad SMARTS) is 1. The van der Waals surface area contributed by atoms with Crippen LogP contribution in [-0.4, -0.2) is 29.7 Å². The minimum absolute atomic E-state index is 0.0448. The third-order valence-electron chi connectivity index (χ3n) is 3.81. The van der Waals surface area contributed by atoms with Crippen molar-refractivity contribution in [2.75, 3.05) is 6.54 Å². The van der Waals surface area contributed by atoms with Gasteiger partial charge in [-0.25, -0.2) is 4.79 Å². The van der Waals surface area contributed by atoms with Crippen molar-refractivity contribution in [3.63, 3.8) is 0 Å². The van der Waals surface area contributed by atoms with E-state index in [2.05, 4.69) is 38.3 Å². The highest BCUT2D eigenvalue weighted by atomic mass is 16.4. The maximum atomic E-state index is 11.7. The highest BCUT2D eigenvalue weighted by molar-refractivity contribution is 5.74. The van der Waals surface area contributed by atoms with E-state index in [1.165, 1.54) is 0 Å². The van der Waals surface area contributed by atoms with Gasteiger partial charge in [0, 0.05) is 19.0 Å². The summed E-state index contributed by atoms with van der Waals surface area (Å²) in [5.74, 6) is -0.481. The number of nitrogens with one attached hydrogen (secondary N) is 2. The Morgan fingerprint density at radius 2 is 1.76 bits per heavy atom. The van der Waals surface area contributed by atoms with Crippen LogP contribution in [0.1, 0.15) is 66.7 Å². The number of carbonyl (C=O) groups excluding carboxylic acids is 1. The monoisotopic (exact) mass is 300 g/mol. The molecule has 0 heterocycles. The zero-order valence-electron chi connectivity index (χ0n) is 14.2. The normalized spacial score (nSPS) is 14.3. The van der Waals surface area contributed by atoms with Crippen LogP contribution in [0.25, 0.3) is 0 Å². The summed E-state index contributed by atoms with van der Waals surface area (Å²) in [4.78, 5) is 22.4. The Balaban J connectivity index is 4.13. The number of hydrogen-bond acceptors (Lipinski definition) is 2. The average Bonchev–Trinajstić information content (AvgIpc) is 2.31. The van der Waals surface area contributed by atoms with Crippen molar-refractivity contribution in [1.82, 2.24) is 10.6 Å². The van der Waals surface area contributed by atoms with Crippen LogP contribution in [0, 0.1) is 11.3 Å². The molecule has 124 valence electrons. The van der Waals surface area contributed by atoms with Crippen molar-refractivity contribution in [1.29, 1.82) is 0 Å². The van der Waals surface area contributed by atoms with Crippen LogP contribution in [0.15, 0.2) is 0 Å². The molecule has 0 aromatic heterocycles. The van der Waals surface area contributed by atoms with E-state index in [9.17, 15) is 9.59 Å². The molecule has 0 aliphatic rings. The fourth-order valence-corrected chi connectivity index (χ4v) is 2.45. The van der Waals surface area contributed by atoms with Crippen LogP contribution in [0.2, 0.25) is 0 Å². The molecule has 0 radical (unpaired) electrons. The topological polar surface area (TPSA) is 78.4 Å². The van der Waals surface area contributed by atoms with E-state index in [4.69, 9.17) is 5.11 Å². The van der Waals surface area contributed by atoms with Crippen molar-refractivity contribution < 1.29 is 14.7 Å². The minimum atomic E-state index is -0.761. The van der Waals surface area contributed by atoms with Gasteiger partial charge < -0.3 is 15.7 Å². The first-order valence-corrected chi connectivity index (χ1v) is 7.93. The lowest BCUT2D eigenvalue weighted by molar-refractivity contribution is -0.137. The predicted molar refractivity (Wildman–Crippen MR) is 85.3 cm³/mol. The molecule has 0 saturated carbocycles. The van der Waals surface area contributed by atoms with E-state index in [-0.39, 0.29) is 29.8 Å². The number of rotatable bonds is 9. The number of carbonyl (C=O) groups is 2. The summed E-state index contributed by atoms with van der Waals surface area (Å²) in [6, 6.07) is 0.0438. The molecule has 0 fully saturated rings. The smallest absolute Gasteiger partial charge is 0.314 e. The lowest BCUT2D eigenvalue weighted by Crippen LogP contribution is -2.41. The van der Waals surface area contributed by atoms with E-state index < -0.39 is 5.97 Å². The molecule has 0 aromatic carbocycles. The van der Waals surface area contributed by atoms with Gasteiger partial charge in [0.1, 0.15) is 0 Å². The van der Waals surface area contributed by atoms with Crippen molar-refractivity contribution in [3.8, 4) is 0 Å². The zero-order chi connectivity index (χ0) is 16.5. The lowest BCUT2D eigenvalue weighted by Gasteiger charge is -2.30. The molecular formula is C16H32N2O3. The second kappa shape index (κ2) is 9.64. The molecular weight excluding hydrogens is 268 g/mol. The van der Waals surface area contributed by atoms with E-state index >= 15 is 0 Å². The van der Waals surface area contributed by atoms with Gasteiger partial charge in [-0.3, -0.25) is 4.79 Å². The Bertz CT molecular complexity index is 324. The molecule has 0 aliphatic heterocycles. The largest absolute Gasteiger partial charge is 0.481 e. The van der Waals surface area contributed by atoms with Crippen molar-refractivity contribution in [2.45, 2.75) is 72.8 Å². The standard InChI is InChI=1S/C16H32N2O3/c1-6-7-12(2)18-15(21)17-11-10-13(16(3,4)5)8-9-14(19)20/h12-13H,6-11H2,1-5H3,(H,19,20)(H2,17,18,21). The van der Waals surface area contributed by atoms with Crippen LogP contribution in [0.3, 0.4) is 0 Å². The third kappa shape index (κ3) is 10.2. The first kappa shape index (κ1) is 19.7. The maximum absolute atomic E-state index is 11.7. The second-order valence-corrected chi connectivity index (χ2v) is 6.87. The van der Waals surface area contributed by atoms with E-state index in [1.807, 2.05) is 6.92 Å². The Labute approximate surface area is 128 Å². The SMILES string of the molecule is CCCC(C)NC(=O)NCCC(CCC(=O)O)C(C)(C)C. The van der Waals surface area contributed by atoms with Crippen LogP contribution < -0.4 is 10.6 Å². The molecule has 0 spiro atoms. The first-order valence-electron chi connectivity index (χ1n) is 7.93. The second-order valence-electron chi connectivity index (χ2n) is 6.87. The van der Waals surface area contributed by atoms with Gasteiger partial charge in [0.25, 0.3) is 0 Å². The van der Waals surface area contributed by atoms with Gasteiger partial charge in [0.15, 0.2) is 0 Å². The molecule has 0 rings (SSSR count). The van der Waals surface area contributed by atoms with Gasteiger partial charge in [0.05, 0.1) is 0 Å². The molecule has 2 unspecified atom stereocenters. The van der Waals surface area contributed by atoms with Gasteiger partial charge in [-0.2, -0.15) is 0 Å². The Morgan fingerprint density at radius 3 is 2.24 bits per heavy atom. The summed E-state index contributed by atoms with van der Waals surface area (Å²) in [6.45, 7) is 11.0. The Hall–Kier alpha value is -1.26. The molecule has 0 saturated heterocycles. The van der Waals surface area contributed by atoms with Crippen molar-refractivity contribution >= 4 is 12.0 Å². The van der Waals surface area contributed by atoms with Gasteiger partial charge in [0.2, 0.25) is 0 Å². The number of hydrogen-bond donors (Lipinski definition) is 3. The highest BCUT2D eigenvalue weighted by Crippen LogP contribution is 2.32. The van der Waals surface area contributed by atoms with Crippen LogP contribution in [-0.2, 0) is 4.79 Å². The molecule has 0 aromatic rings. The highest BCUT2D eigenvalue weighted by Gasteiger charge is 2.24. The van der Waals surface area contributed by atoms with Gasteiger partial charge in [-0.15, -0.1) is 0 Å². The van der Waals surface area contributed by atoms with Crippen LogP contribution in [0.4, 0.5) is 4.79 Å². The van der Waals surface area contributed by atoms with E-state index in [0.717, 1.165) is 19.3 Å². The molecule has 5 nitrogen and oxygen atoms in total. The van der Waals surface area contributed by atoms with E-state index in [1.54, 1.807) is 0 Å². The molecule has 21 heavy (non-hydrogen) atoms. The quantitative estimate of drug-likeness (QED) is 0.610. The summed E-state index contributed by atoms with van der Waals surface area (Å²) < 4.78 is 0. The van der Waals surface area contributed by atoms with Gasteiger partial charge in [-0.05, 0) is 37.5 Å². The third-order valence-corrected chi connectivity index (χ3v) is 3.81.